The maximum absolute atomic E-state index is 11.3. The molecule has 0 saturated carbocycles. The molecular weight excluding hydrogens is 224 g/mol. The number of carbonyl (C=O) groups excluding carboxylic acids is 1. The molecule has 0 saturated heterocycles. The van der Waals surface area contributed by atoms with Gasteiger partial charge in [-0.15, -0.1) is 0 Å². The first-order chi connectivity index (χ1) is 8.65. The van der Waals surface area contributed by atoms with Crippen molar-refractivity contribution in [1.29, 1.82) is 0 Å². The topological polar surface area (TPSA) is 26.3 Å². The molecule has 1 atom stereocenters. The molecule has 0 aliphatic heterocycles. The Labute approximate surface area is 111 Å². The zero-order valence-electron chi connectivity index (χ0n) is 12.0. The van der Waals surface area contributed by atoms with E-state index < -0.39 is 0 Å². The Hall–Kier alpha value is -1.05. The number of esters is 1. The van der Waals surface area contributed by atoms with Gasteiger partial charge in [0.1, 0.15) is 0 Å². The van der Waals surface area contributed by atoms with E-state index in [-0.39, 0.29) is 5.97 Å². The summed E-state index contributed by atoms with van der Waals surface area (Å²) < 4.78 is 4.93. The Balaban J connectivity index is 2.43. The number of rotatable bonds is 7. The first-order valence-electron chi connectivity index (χ1n) is 7.22. The monoisotopic (exact) mass is 250 g/mol. The van der Waals surface area contributed by atoms with Gasteiger partial charge in [-0.05, 0) is 37.7 Å². The maximum atomic E-state index is 11.3. The van der Waals surface area contributed by atoms with E-state index in [0.717, 1.165) is 24.3 Å². The van der Waals surface area contributed by atoms with Crippen molar-refractivity contribution in [2.24, 2.45) is 5.92 Å². The molecule has 1 rings (SSSR count). The minimum absolute atomic E-state index is 0.205. The molecule has 0 bridgehead atoms. The molecule has 0 N–H and O–H groups in total. The number of allylic oxidation sites excluding steroid dienone is 3. The van der Waals surface area contributed by atoms with Crippen LogP contribution in [-0.4, -0.2) is 12.6 Å². The van der Waals surface area contributed by atoms with E-state index in [1.807, 2.05) is 6.92 Å². The Morgan fingerprint density at radius 3 is 2.89 bits per heavy atom. The molecule has 0 radical (unpaired) electrons. The molecule has 2 nitrogen and oxygen atoms in total. The van der Waals surface area contributed by atoms with Gasteiger partial charge in [-0.3, -0.25) is 0 Å². The highest BCUT2D eigenvalue weighted by molar-refractivity contribution is 5.83. The van der Waals surface area contributed by atoms with Gasteiger partial charge >= 0.3 is 5.97 Å². The molecule has 0 amide bonds. The van der Waals surface area contributed by atoms with Gasteiger partial charge in [-0.2, -0.15) is 0 Å². The highest BCUT2D eigenvalue weighted by Crippen LogP contribution is 2.29. The second-order valence-electron chi connectivity index (χ2n) is 5.23. The van der Waals surface area contributed by atoms with Gasteiger partial charge in [0.05, 0.1) is 6.61 Å². The van der Waals surface area contributed by atoms with Gasteiger partial charge in [0.25, 0.3) is 0 Å². The molecule has 2 heteroatoms. The summed E-state index contributed by atoms with van der Waals surface area (Å²) in [6.07, 6.45) is 11.0. The standard InChI is InChI=1S/C16H26O2/c1-4-6-7-13(3)10-14-8-9-15(11-14)12-16(17)18-5-2/h11-13H,4-10H2,1-3H3. The summed E-state index contributed by atoms with van der Waals surface area (Å²) in [5, 5.41) is 0. The molecule has 0 aromatic rings. The zero-order chi connectivity index (χ0) is 13.4. The Morgan fingerprint density at radius 2 is 2.22 bits per heavy atom. The van der Waals surface area contributed by atoms with Gasteiger partial charge in [-0.25, -0.2) is 4.79 Å². The SMILES string of the molecule is CCCCC(C)CC1=CC(=CC(=O)OCC)CC1. The van der Waals surface area contributed by atoms with E-state index in [1.54, 1.807) is 6.08 Å². The molecule has 18 heavy (non-hydrogen) atoms. The number of hydrogen-bond donors (Lipinski definition) is 0. The van der Waals surface area contributed by atoms with Crippen LogP contribution in [0.25, 0.3) is 0 Å². The molecule has 0 aromatic heterocycles. The molecule has 0 spiro atoms. The summed E-state index contributed by atoms with van der Waals surface area (Å²) in [6.45, 7) is 6.85. The van der Waals surface area contributed by atoms with Crippen LogP contribution in [0.1, 0.15) is 59.3 Å². The molecular formula is C16H26O2. The summed E-state index contributed by atoms with van der Waals surface area (Å²) in [5.74, 6) is 0.558. The summed E-state index contributed by atoms with van der Waals surface area (Å²) in [6, 6.07) is 0. The Bertz CT molecular complexity index is 326. The molecule has 0 heterocycles. The Morgan fingerprint density at radius 1 is 1.44 bits per heavy atom. The first-order valence-corrected chi connectivity index (χ1v) is 7.22. The zero-order valence-corrected chi connectivity index (χ0v) is 12.0. The van der Waals surface area contributed by atoms with Crippen LogP contribution >= 0.6 is 0 Å². The van der Waals surface area contributed by atoms with Crippen LogP contribution < -0.4 is 0 Å². The summed E-state index contributed by atoms with van der Waals surface area (Å²) >= 11 is 0. The molecule has 1 unspecified atom stereocenters. The molecule has 102 valence electrons. The maximum Gasteiger partial charge on any atom is 0.331 e. The van der Waals surface area contributed by atoms with Gasteiger partial charge in [0.2, 0.25) is 0 Å². The fraction of sp³-hybridized carbons (Fsp3) is 0.688. The van der Waals surface area contributed by atoms with Gasteiger partial charge < -0.3 is 4.74 Å². The van der Waals surface area contributed by atoms with Gasteiger partial charge in [-0.1, -0.05) is 44.8 Å². The third-order valence-electron chi connectivity index (χ3n) is 3.38. The second-order valence-corrected chi connectivity index (χ2v) is 5.23. The van der Waals surface area contributed by atoms with Crippen molar-refractivity contribution in [3.8, 4) is 0 Å². The molecule has 1 aliphatic carbocycles. The number of hydrogen-bond acceptors (Lipinski definition) is 2. The van der Waals surface area contributed by atoms with Crippen molar-refractivity contribution in [3.63, 3.8) is 0 Å². The largest absolute Gasteiger partial charge is 0.463 e. The first kappa shape index (κ1) is 15.0. The minimum Gasteiger partial charge on any atom is -0.463 e. The lowest BCUT2D eigenvalue weighted by Crippen LogP contribution is -1.99. The normalized spacial score (nSPS) is 18.8. The lowest BCUT2D eigenvalue weighted by atomic mass is 9.96. The van der Waals surface area contributed by atoms with Gasteiger partial charge in [0.15, 0.2) is 0 Å². The minimum atomic E-state index is -0.205. The van der Waals surface area contributed by atoms with E-state index >= 15 is 0 Å². The average molecular weight is 250 g/mol. The highest BCUT2D eigenvalue weighted by atomic mass is 16.5. The summed E-state index contributed by atoms with van der Waals surface area (Å²) in [5.41, 5.74) is 2.63. The van der Waals surface area contributed by atoms with Crippen LogP contribution in [0.2, 0.25) is 0 Å². The van der Waals surface area contributed by atoms with E-state index in [0.29, 0.717) is 6.61 Å². The van der Waals surface area contributed by atoms with Crippen molar-refractivity contribution in [2.75, 3.05) is 6.61 Å². The lowest BCUT2D eigenvalue weighted by Gasteiger charge is -2.10. The van der Waals surface area contributed by atoms with E-state index in [4.69, 9.17) is 4.74 Å². The van der Waals surface area contributed by atoms with E-state index in [2.05, 4.69) is 19.9 Å². The van der Waals surface area contributed by atoms with Crippen LogP contribution in [0.4, 0.5) is 0 Å². The highest BCUT2D eigenvalue weighted by Gasteiger charge is 2.13. The number of unbranched alkanes of at least 4 members (excludes halogenated alkanes) is 1. The number of ether oxygens (including phenoxy) is 1. The van der Waals surface area contributed by atoms with Crippen LogP contribution in [0.3, 0.4) is 0 Å². The van der Waals surface area contributed by atoms with Crippen molar-refractivity contribution in [3.05, 3.63) is 23.3 Å². The third-order valence-corrected chi connectivity index (χ3v) is 3.38. The van der Waals surface area contributed by atoms with E-state index in [1.165, 1.54) is 31.3 Å². The summed E-state index contributed by atoms with van der Waals surface area (Å²) in [4.78, 5) is 11.3. The predicted octanol–water partition coefficient (Wildman–Crippen LogP) is 4.41. The quantitative estimate of drug-likeness (QED) is 0.494. The predicted molar refractivity (Wildman–Crippen MR) is 75.3 cm³/mol. The van der Waals surface area contributed by atoms with Crippen molar-refractivity contribution >= 4 is 5.97 Å². The van der Waals surface area contributed by atoms with Crippen molar-refractivity contribution in [1.82, 2.24) is 0 Å². The van der Waals surface area contributed by atoms with E-state index in [9.17, 15) is 4.79 Å². The number of carbonyl (C=O) groups is 1. The average Bonchev–Trinajstić information content (AvgIpc) is 2.74. The van der Waals surface area contributed by atoms with Crippen LogP contribution in [0.15, 0.2) is 23.3 Å². The molecule has 1 aliphatic rings. The van der Waals surface area contributed by atoms with Crippen LogP contribution in [0, 0.1) is 5.92 Å². The van der Waals surface area contributed by atoms with Crippen LogP contribution in [0.5, 0.6) is 0 Å². The van der Waals surface area contributed by atoms with Crippen molar-refractivity contribution in [2.45, 2.75) is 59.3 Å². The summed E-state index contributed by atoms with van der Waals surface area (Å²) in [7, 11) is 0. The lowest BCUT2D eigenvalue weighted by molar-refractivity contribution is -0.137. The molecule has 0 aromatic carbocycles. The van der Waals surface area contributed by atoms with Crippen molar-refractivity contribution < 1.29 is 9.53 Å². The third kappa shape index (κ3) is 5.52. The smallest absolute Gasteiger partial charge is 0.331 e. The second kappa shape index (κ2) is 8.12. The molecule has 0 fully saturated rings. The van der Waals surface area contributed by atoms with Gasteiger partial charge in [0, 0.05) is 6.08 Å². The Kier molecular flexibility index (Phi) is 6.77. The fourth-order valence-electron chi connectivity index (χ4n) is 2.42. The van der Waals surface area contributed by atoms with Crippen LogP contribution in [-0.2, 0) is 9.53 Å². The fourth-order valence-corrected chi connectivity index (χ4v) is 2.42.